The topological polar surface area (TPSA) is 89.3 Å². The van der Waals surface area contributed by atoms with Crippen LogP contribution in [0, 0.1) is 5.92 Å². The lowest BCUT2D eigenvalue weighted by atomic mass is 9.82. The van der Waals surface area contributed by atoms with Crippen molar-refractivity contribution in [3.63, 3.8) is 0 Å². The maximum Gasteiger partial charge on any atom is 0.253 e. The molecule has 1 aromatic rings. The Hall–Kier alpha value is -0.820. The molecule has 110 valence electrons. The van der Waals surface area contributed by atoms with E-state index in [9.17, 15) is 13.2 Å². The van der Waals surface area contributed by atoms with Gasteiger partial charge < -0.3 is 5.32 Å². The zero-order valence-corrected chi connectivity index (χ0v) is 13.0. The summed E-state index contributed by atoms with van der Waals surface area (Å²) in [5.74, 6) is 0.134. The predicted molar refractivity (Wildman–Crippen MR) is 77.5 cm³/mol. The van der Waals surface area contributed by atoms with Crippen LogP contribution in [0.15, 0.2) is 17.0 Å². The number of benzene rings is 1. The molecule has 1 aliphatic rings. The Balaban J connectivity index is 2.32. The number of carbonyl (C=O) groups is 1. The molecule has 0 aromatic heterocycles. The van der Waals surface area contributed by atoms with Crippen molar-refractivity contribution in [2.45, 2.75) is 30.7 Å². The molecule has 1 fully saturated rings. The largest absolute Gasteiger partial charge is 0.349 e. The molecule has 0 unspecified atom stereocenters. The van der Waals surface area contributed by atoms with Crippen molar-refractivity contribution in [2.24, 2.45) is 11.1 Å². The van der Waals surface area contributed by atoms with Crippen LogP contribution in [0.2, 0.25) is 10.0 Å². The number of nitrogens with one attached hydrogen (secondary N) is 1. The Kier molecular flexibility index (Phi) is 4.30. The maximum absolute atomic E-state index is 12.1. The number of carbonyl (C=O) groups excluding carboxylic acids is 1. The molecule has 0 heterocycles. The van der Waals surface area contributed by atoms with Gasteiger partial charge in [0.25, 0.3) is 5.91 Å². The molecule has 3 N–H and O–H groups in total. The number of sulfonamides is 1. The first-order valence-corrected chi connectivity index (χ1v) is 8.31. The van der Waals surface area contributed by atoms with E-state index in [1.165, 1.54) is 6.07 Å². The summed E-state index contributed by atoms with van der Waals surface area (Å²) in [6.07, 6.45) is 1.79. The molecule has 0 saturated heterocycles. The van der Waals surface area contributed by atoms with E-state index in [0.717, 1.165) is 18.9 Å². The normalized spacial score (nSPS) is 22.2. The van der Waals surface area contributed by atoms with Gasteiger partial charge in [-0.15, -0.1) is 0 Å². The maximum atomic E-state index is 12.1. The summed E-state index contributed by atoms with van der Waals surface area (Å²) >= 11 is 11.8. The highest BCUT2D eigenvalue weighted by Gasteiger charge is 2.28. The van der Waals surface area contributed by atoms with Gasteiger partial charge in [0.2, 0.25) is 10.0 Å². The van der Waals surface area contributed by atoms with Gasteiger partial charge in [0.15, 0.2) is 0 Å². The van der Waals surface area contributed by atoms with Gasteiger partial charge in [-0.3, -0.25) is 4.79 Å². The predicted octanol–water partition coefficient (Wildman–Crippen LogP) is 2.17. The van der Waals surface area contributed by atoms with Gasteiger partial charge in [0.05, 0.1) is 10.6 Å². The first kappa shape index (κ1) is 15.6. The average Bonchev–Trinajstić information content (AvgIpc) is 2.28. The second-order valence-electron chi connectivity index (χ2n) is 5.06. The fourth-order valence-corrected chi connectivity index (χ4v) is 3.67. The summed E-state index contributed by atoms with van der Waals surface area (Å²) in [4.78, 5) is 11.8. The second kappa shape index (κ2) is 5.52. The van der Waals surface area contributed by atoms with Gasteiger partial charge in [-0.05, 0) is 30.9 Å². The second-order valence-corrected chi connectivity index (χ2v) is 7.40. The highest BCUT2D eigenvalue weighted by molar-refractivity contribution is 7.89. The molecular weight excluding hydrogens is 323 g/mol. The number of rotatable bonds is 3. The molecule has 20 heavy (non-hydrogen) atoms. The van der Waals surface area contributed by atoms with E-state index >= 15 is 0 Å². The minimum Gasteiger partial charge on any atom is -0.349 e. The van der Waals surface area contributed by atoms with E-state index in [2.05, 4.69) is 12.2 Å². The molecule has 2 rings (SSSR count). The van der Waals surface area contributed by atoms with Crippen LogP contribution >= 0.6 is 23.2 Å². The van der Waals surface area contributed by atoms with Crippen LogP contribution in [0.3, 0.4) is 0 Å². The van der Waals surface area contributed by atoms with Gasteiger partial charge in [-0.1, -0.05) is 30.1 Å². The Labute approximate surface area is 127 Å². The summed E-state index contributed by atoms with van der Waals surface area (Å²) in [5, 5.41) is 7.72. The van der Waals surface area contributed by atoms with Gasteiger partial charge in [0.1, 0.15) is 4.90 Å². The monoisotopic (exact) mass is 336 g/mol. The van der Waals surface area contributed by atoms with E-state index in [1.807, 2.05) is 0 Å². The molecule has 0 aliphatic heterocycles. The molecule has 0 radical (unpaired) electrons. The molecule has 8 heteroatoms. The number of amides is 1. The van der Waals surface area contributed by atoms with E-state index in [0.29, 0.717) is 5.92 Å². The highest BCUT2D eigenvalue weighted by Crippen LogP contribution is 2.30. The lowest BCUT2D eigenvalue weighted by Gasteiger charge is -2.33. The third kappa shape index (κ3) is 3.25. The summed E-state index contributed by atoms with van der Waals surface area (Å²) < 4.78 is 22.8. The quantitative estimate of drug-likeness (QED) is 0.886. The lowest BCUT2D eigenvalue weighted by molar-refractivity contribution is 0.0896. The van der Waals surface area contributed by atoms with Crippen molar-refractivity contribution >= 4 is 39.1 Å². The molecule has 1 aliphatic carbocycles. The van der Waals surface area contributed by atoms with E-state index in [4.69, 9.17) is 28.3 Å². The number of hydrogen-bond acceptors (Lipinski definition) is 3. The highest BCUT2D eigenvalue weighted by atomic mass is 35.5. The third-order valence-electron chi connectivity index (χ3n) is 3.26. The average molecular weight is 337 g/mol. The van der Waals surface area contributed by atoms with Crippen LogP contribution in [0.25, 0.3) is 0 Å². The zero-order chi connectivity index (χ0) is 15.1. The fourth-order valence-electron chi connectivity index (χ4n) is 2.22. The smallest absolute Gasteiger partial charge is 0.253 e. The summed E-state index contributed by atoms with van der Waals surface area (Å²) in [6, 6.07) is 2.54. The first-order chi connectivity index (χ1) is 9.18. The fraction of sp³-hybridized carbons (Fsp3) is 0.417. The van der Waals surface area contributed by atoms with Crippen molar-refractivity contribution in [1.82, 2.24) is 5.32 Å². The Morgan fingerprint density at radius 3 is 2.45 bits per heavy atom. The van der Waals surface area contributed by atoms with E-state index in [-0.39, 0.29) is 26.5 Å². The van der Waals surface area contributed by atoms with Gasteiger partial charge in [0, 0.05) is 11.1 Å². The van der Waals surface area contributed by atoms with Crippen LogP contribution < -0.4 is 10.5 Å². The Bertz CT molecular complexity index is 655. The van der Waals surface area contributed by atoms with Crippen molar-refractivity contribution in [1.29, 1.82) is 0 Å². The number of nitrogens with two attached hydrogens (primary N) is 1. The van der Waals surface area contributed by atoms with Crippen LogP contribution in [-0.4, -0.2) is 20.4 Å². The Morgan fingerprint density at radius 1 is 1.35 bits per heavy atom. The van der Waals surface area contributed by atoms with Gasteiger partial charge in [-0.2, -0.15) is 0 Å². The number of halogens is 2. The van der Waals surface area contributed by atoms with Crippen LogP contribution in [0.1, 0.15) is 30.1 Å². The summed E-state index contributed by atoms with van der Waals surface area (Å²) in [7, 11) is -4.04. The molecule has 5 nitrogen and oxygen atoms in total. The van der Waals surface area contributed by atoms with Crippen LogP contribution in [-0.2, 0) is 10.0 Å². The molecule has 1 aromatic carbocycles. The summed E-state index contributed by atoms with van der Waals surface area (Å²) in [6.45, 7) is 2.09. The van der Waals surface area contributed by atoms with E-state index in [1.54, 1.807) is 0 Å². The molecular formula is C12H14Cl2N2O3S. The van der Waals surface area contributed by atoms with Crippen molar-refractivity contribution in [3.05, 3.63) is 27.7 Å². The zero-order valence-electron chi connectivity index (χ0n) is 10.7. The molecule has 0 bridgehead atoms. The van der Waals surface area contributed by atoms with Gasteiger partial charge in [-0.25, -0.2) is 13.6 Å². The Morgan fingerprint density at radius 2 is 1.95 bits per heavy atom. The van der Waals surface area contributed by atoms with Crippen molar-refractivity contribution < 1.29 is 13.2 Å². The van der Waals surface area contributed by atoms with Crippen LogP contribution in [0.4, 0.5) is 0 Å². The molecule has 0 spiro atoms. The van der Waals surface area contributed by atoms with Crippen LogP contribution in [0.5, 0.6) is 0 Å². The van der Waals surface area contributed by atoms with Gasteiger partial charge >= 0.3 is 0 Å². The molecule has 1 amide bonds. The number of hydrogen-bond donors (Lipinski definition) is 2. The molecule has 0 atom stereocenters. The van der Waals surface area contributed by atoms with Crippen molar-refractivity contribution in [3.8, 4) is 0 Å². The first-order valence-electron chi connectivity index (χ1n) is 6.01. The van der Waals surface area contributed by atoms with E-state index < -0.39 is 15.9 Å². The summed E-state index contributed by atoms with van der Waals surface area (Å²) in [5.41, 5.74) is 0.0164. The lowest BCUT2D eigenvalue weighted by Crippen LogP contribution is -2.43. The minimum atomic E-state index is -4.04. The van der Waals surface area contributed by atoms with Crippen molar-refractivity contribution in [2.75, 3.05) is 0 Å². The third-order valence-corrected chi connectivity index (χ3v) is 4.94. The SMILES string of the molecule is CC1CC(NC(=O)c2cc(Cl)cc(S(N)(=O)=O)c2Cl)C1. The minimum absolute atomic E-state index is 0.0164. The standard InChI is InChI=1S/C12H14Cl2N2O3S/c1-6-2-8(3-6)16-12(17)9-4-7(13)5-10(11(9)14)20(15,18)19/h4-6,8H,2-3H2,1H3,(H,16,17)(H2,15,18,19). The number of primary sulfonamides is 1. The molecule has 1 saturated carbocycles.